The fraction of sp³-hybridized carbons (Fsp3) is 0.762. The number of aliphatic carboxylic acids is 4. The Hall–Kier alpha value is -2.54. The molecule has 0 aromatic carbocycles. The number of thioether (sulfide) groups is 1. The topological polar surface area (TPSA) is 238 Å². The first-order valence-corrected chi connectivity index (χ1v) is 12.9. The lowest BCUT2D eigenvalue weighted by Gasteiger charge is -2.27. The highest BCUT2D eigenvalue weighted by molar-refractivity contribution is 7.99. The quantitative estimate of drug-likeness (QED) is 0.0422. The molecule has 0 aromatic rings. The molecule has 0 aliphatic rings. The van der Waals surface area contributed by atoms with E-state index in [2.05, 4.69) is 5.32 Å². The van der Waals surface area contributed by atoms with Crippen LogP contribution in [0.2, 0.25) is 0 Å². The molecule has 0 unspecified atom stereocenters. The van der Waals surface area contributed by atoms with Crippen molar-refractivity contribution in [3.05, 3.63) is 0 Å². The van der Waals surface area contributed by atoms with Crippen LogP contribution in [0.5, 0.6) is 0 Å². The number of hydrogen-bond acceptors (Lipinski definition) is 12. The van der Waals surface area contributed by atoms with Gasteiger partial charge in [-0.3, -0.25) is 38.7 Å². The molecule has 0 spiro atoms. The molecule has 0 fully saturated rings. The fourth-order valence-corrected chi connectivity index (χ4v) is 3.88. The maximum atomic E-state index is 12.3. The second-order valence-electron chi connectivity index (χ2n) is 8.14. The van der Waals surface area contributed by atoms with E-state index >= 15 is 0 Å². The van der Waals surface area contributed by atoms with E-state index in [0.29, 0.717) is 25.3 Å². The largest absolute Gasteiger partial charge is 0.480 e. The second kappa shape index (κ2) is 21.4. The summed E-state index contributed by atoms with van der Waals surface area (Å²) >= 11 is 1.55. The van der Waals surface area contributed by atoms with Crippen LogP contribution in [0.1, 0.15) is 6.42 Å². The molecule has 1 amide bonds. The molecule has 17 heteroatoms. The summed E-state index contributed by atoms with van der Waals surface area (Å²) in [6, 6.07) is 0. The number of carboxylic acids is 4. The molecule has 0 saturated carbocycles. The van der Waals surface area contributed by atoms with Gasteiger partial charge in [-0.1, -0.05) is 0 Å². The van der Waals surface area contributed by atoms with Gasteiger partial charge >= 0.3 is 23.9 Å². The van der Waals surface area contributed by atoms with E-state index in [0.717, 1.165) is 10.7 Å². The van der Waals surface area contributed by atoms with Crippen molar-refractivity contribution in [2.75, 3.05) is 90.2 Å². The van der Waals surface area contributed by atoms with E-state index in [9.17, 15) is 34.2 Å². The molecular formula is C21H38N4O12S. The van der Waals surface area contributed by atoms with Crippen LogP contribution in [0.15, 0.2) is 0 Å². The van der Waals surface area contributed by atoms with Crippen molar-refractivity contribution in [2.45, 2.75) is 12.7 Å². The number of ether oxygens (including phenoxy) is 1. The van der Waals surface area contributed by atoms with Crippen molar-refractivity contribution in [2.24, 2.45) is 0 Å². The molecule has 220 valence electrons. The third-order valence-electron chi connectivity index (χ3n) is 4.68. The van der Waals surface area contributed by atoms with Gasteiger partial charge in [0.05, 0.1) is 39.3 Å². The molecule has 0 heterocycles. The van der Waals surface area contributed by atoms with Crippen LogP contribution in [0.25, 0.3) is 0 Å². The summed E-state index contributed by atoms with van der Waals surface area (Å²) in [4.78, 5) is 60.5. The van der Waals surface area contributed by atoms with E-state index in [4.69, 9.17) is 25.2 Å². The summed E-state index contributed by atoms with van der Waals surface area (Å²) < 4.78 is 5.01. The highest BCUT2D eigenvalue weighted by Crippen LogP contribution is 2.02. The molecule has 0 atom stereocenters. The van der Waals surface area contributed by atoms with Crippen LogP contribution in [0.3, 0.4) is 0 Å². The molecule has 16 nitrogen and oxygen atoms in total. The predicted molar refractivity (Wildman–Crippen MR) is 134 cm³/mol. The average molecular weight is 571 g/mol. The van der Waals surface area contributed by atoms with Gasteiger partial charge in [-0.05, 0) is 12.2 Å². The SMILES string of the molecule is O=C(O)CN(CCN(CC(=O)O)CC(=O)O)CCN(CC(=O)O)CC(=O)NCCSCCCOCC(O)O. The molecule has 0 saturated heterocycles. The lowest BCUT2D eigenvalue weighted by molar-refractivity contribution is -0.143. The average Bonchev–Trinajstić information content (AvgIpc) is 2.77. The summed E-state index contributed by atoms with van der Waals surface area (Å²) in [5.74, 6) is -3.90. The van der Waals surface area contributed by atoms with Crippen LogP contribution in [0.4, 0.5) is 0 Å². The van der Waals surface area contributed by atoms with E-state index in [-0.39, 0.29) is 39.3 Å². The Morgan fingerprint density at radius 1 is 0.684 bits per heavy atom. The first-order chi connectivity index (χ1) is 17.9. The molecule has 7 N–H and O–H groups in total. The minimum Gasteiger partial charge on any atom is -0.480 e. The van der Waals surface area contributed by atoms with Gasteiger partial charge < -0.3 is 40.7 Å². The minimum atomic E-state index is -1.50. The Balaban J connectivity index is 4.62. The zero-order valence-corrected chi connectivity index (χ0v) is 21.9. The molecule has 38 heavy (non-hydrogen) atoms. The molecule has 0 bridgehead atoms. The van der Waals surface area contributed by atoms with Crippen LogP contribution >= 0.6 is 11.8 Å². The van der Waals surface area contributed by atoms with Gasteiger partial charge in [0.25, 0.3) is 0 Å². The number of rotatable bonds is 25. The summed E-state index contributed by atoms with van der Waals surface area (Å²) in [5, 5.41) is 56.2. The summed E-state index contributed by atoms with van der Waals surface area (Å²) in [6.07, 6.45) is -0.814. The number of amides is 1. The smallest absolute Gasteiger partial charge is 0.317 e. The van der Waals surface area contributed by atoms with E-state index in [1.165, 1.54) is 9.80 Å². The lowest BCUT2D eigenvalue weighted by atomic mass is 10.3. The van der Waals surface area contributed by atoms with Gasteiger partial charge in [0.1, 0.15) is 0 Å². The lowest BCUT2D eigenvalue weighted by Crippen LogP contribution is -2.46. The first-order valence-electron chi connectivity index (χ1n) is 11.7. The molecule has 0 rings (SSSR count). The second-order valence-corrected chi connectivity index (χ2v) is 9.37. The Morgan fingerprint density at radius 2 is 1.13 bits per heavy atom. The van der Waals surface area contributed by atoms with Gasteiger partial charge in [-0.2, -0.15) is 11.8 Å². The fourth-order valence-electron chi connectivity index (χ4n) is 3.10. The van der Waals surface area contributed by atoms with Gasteiger partial charge in [0.15, 0.2) is 6.29 Å². The van der Waals surface area contributed by atoms with Gasteiger partial charge in [-0.15, -0.1) is 0 Å². The Bertz CT molecular complexity index is 727. The highest BCUT2D eigenvalue weighted by Gasteiger charge is 2.19. The normalized spacial score (nSPS) is 11.4. The number of aliphatic hydroxyl groups is 2. The zero-order chi connectivity index (χ0) is 28.9. The van der Waals surface area contributed by atoms with Crippen molar-refractivity contribution in [1.29, 1.82) is 0 Å². The third kappa shape index (κ3) is 22.6. The van der Waals surface area contributed by atoms with Crippen molar-refractivity contribution < 1.29 is 59.3 Å². The van der Waals surface area contributed by atoms with E-state index < -0.39 is 62.3 Å². The van der Waals surface area contributed by atoms with Crippen LogP contribution in [0, 0.1) is 0 Å². The third-order valence-corrected chi connectivity index (χ3v) is 5.75. The number of nitrogens with one attached hydrogen (secondary N) is 1. The van der Waals surface area contributed by atoms with Gasteiger partial charge in [0.2, 0.25) is 5.91 Å². The summed E-state index contributed by atoms with van der Waals surface area (Å²) in [7, 11) is 0. The first kappa shape index (κ1) is 35.5. The van der Waals surface area contributed by atoms with Crippen LogP contribution < -0.4 is 5.32 Å². The zero-order valence-electron chi connectivity index (χ0n) is 21.1. The van der Waals surface area contributed by atoms with Crippen LogP contribution in [-0.2, 0) is 28.7 Å². The Morgan fingerprint density at radius 3 is 1.61 bits per heavy atom. The number of carbonyl (C=O) groups excluding carboxylic acids is 1. The Kier molecular flexibility index (Phi) is 20.0. The number of carboxylic acid groups (broad SMARTS) is 4. The number of aliphatic hydroxyl groups excluding tert-OH is 1. The number of nitrogens with zero attached hydrogens (tertiary/aromatic N) is 3. The van der Waals surface area contributed by atoms with Gasteiger partial charge in [-0.25, -0.2) is 0 Å². The van der Waals surface area contributed by atoms with Crippen molar-refractivity contribution >= 4 is 41.5 Å². The molecule has 0 radical (unpaired) electrons. The number of carbonyl (C=O) groups is 5. The monoisotopic (exact) mass is 570 g/mol. The standard InChI is InChI=1S/C21H38N4O12S/c26-16(22-2-9-38-8-1-7-37-15-21(35)36)10-24(12-18(29)30)5-3-23(11-17(27)28)4-6-25(13-19(31)32)14-20(33)34/h21,35-36H,1-15H2,(H,22,26)(H,27,28)(H,29,30)(H,31,32)(H,33,34). The van der Waals surface area contributed by atoms with Gasteiger partial charge in [0, 0.05) is 45.1 Å². The minimum absolute atomic E-state index is 0.0167. The molecular weight excluding hydrogens is 532 g/mol. The maximum absolute atomic E-state index is 12.3. The van der Waals surface area contributed by atoms with Crippen molar-refractivity contribution in [3.8, 4) is 0 Å². The maximum Gasteiger partial charge on any atom is 0.317 e. The predicted octanol–water partition coefficient (Wildman–Crippen LogP) is -3.20. The summed E-state index contributed by atoms with van der Waals surface area (Å²) in [5.41, 5.74) is 0. The summed E-state index contributed by atoms with van der Waals surface area (Å²) in [6.45, 7) is -1.62. The highest BCUT2D eigenvalue weighted by atomic mass is 32.2. The molecule has 0 aliphatic carbocycles. The van der Waals surface area contributed by atoms with E-state index in [1.54, 1.807) is 11.8 Å². The Labute approximate surface area is 224 Å². The van der Waals surface area contributed by atoms with Crippen molar-refractivity contribution in [1.82, 2.24) is 20.0 Å². The molecule has 0 aliphatic heterocycles. The number of hydrogen-bond donors (Lipinski definition) is 7. The van der Waals surface area contributed by atoms with E-state index in [1.807, 2.05) is 0 Å². The van der Waals surface area contributed by atoms with Crippen LogP contribution in [-0.4, -0.2) is 172 Å². The molecule has 0 aromatic heterocycles. The van der Waals surface area contributed by atoms with Crippen molar-refractivity contribution in [3.63, 3.8) is 0 Å².